The van der Waals surface area contributed by atoms with E-state index in [2.05, 4.69) is 20.4 Å². The number of hydrogen-bond donors (Lipinski definition) is 2. The largest absolute Gasteiger partial charge is 0.323 e. The molecule has 1 fully saturated rings. The van der Waals surface area contributed by atoms with Gasteiger partial charge in [0, 0.05) is 23.8 Å². The minimum atomic E-state index is -0.237. The zero-order valence-electron chi connectivity index (χ0n) is 15.7. The van der Waals surface area contributed by atoms with E-state index in [-0.39, 0.29) is 17.5 Å². The molecule has 30 heavy (non-hydrogen) atoms. The summed E-state index contributed by atoms with van der Waals surface area (Å²) >= 11 is 5.96. The van der Waals surface area contributed by atoms with E-state index in [1.807, 2.05) is 30.3 Å². The summed E-state index contributed by atoms with van der Waals surface area (Å²) in [6.07, 6.45) is 1.52. The van der Waals surface area contributed by atoms with Crippen molar-refractivity contribution in [2.45, 2.75) is 5.92 Å². The van der Waals surface area contributed by atoms with Gasteiger partial charge in [0.2, 0.25) is 0 Å². The number of hydrogen-bond acceptors (Lipinski definition) is 4. The van der Waals surface area contributed by atoms with Crippen molar-refractivity contribution in [3.63, 3.8) is 0 Å². The first-order valence-electron chi connectivity index (χ1n) is 9.43. The van der Waals surface area contributed by atoms with Gasteiger partial charge in [0.25, 0.3) is 5.56 Å². The summed E-state index contributed by atoms with van der Waals surface area (Å²) in [7, 11) is 0. The Morgan fingerprint density at radius 1 is 1.13 bits per heavy atom. The van der Waals surface area contributed by atoms with Gasteiger partial charge in [-0.25, -0.2) is 14.5 Å². The van der Waals surface area contributed by atoms with Gasteiger partial charge < -0.3 is 15.2 Å². The Kier molecular flexibility index (Phi) is 4.48. The number of nitrogens with zero attached hydrogens (tertiary/aromatic N) is 4. The zero-order chi connectivity index (χ0) is 20.7. The average molecular weight is 421 g/mol. The van der Waals surface area contributed by atoms with Crippen LogP contribution in [0.5, 0.6) is 0 Å². The van der Waals surface area contributed by atoms with E-state index in [4.69, 9.17) is 11.6 Å². The predicted octanol–water partition coefficient (Wildman–Crippen LogP) is 3.39. The van der Waals surface area contributed by atoms with Gasteiger partial charge >= 0.3 is 6.03 Å². The average Bonchev–Trinajstić information content (AvgIpc) is 3.12. The van der Waals surface area contributed by atoms with Crippen LogP contribution >= 0.6 is 11.6 Å². The lowest BCUT2D eigenvalue weighted by Gasteiger charge is -2.38. The SMILES string of the molecule is O=C(Nc1cccc(Cl)c1)N1CC(c2nc3c(cnn3-c3ccccc3)c(=O)[nH]2)C1. The van der Waals surface area contributed by atoms with E-state index in [9.17, 15) is 9.59 Å². The highest BCUT2D eigenvalue weighted by atomic mass is 35.5. The normalized spacial score (nSPS) is 14.0. The number of benzene rings is 2. The highest BCUT2D eigenvalue weighted by Gasteiger charge is 2.34. The maximum atomic E-state index is 12.5. The molecule has 0 saturated carbocycles. The van der Waals surface area contributed by atoms with Gasteiger partial charge in [-0.2, -0.15) is 5.10 Å². The lowest BCUT2D eigenvalue weighted by molar-refractivity contribution is 0.161. The second-order valence-electron chi connectivity index (χ2n) is 7.12. The molecule has 9 heteroatoms. The predicted molar refractivity (Wildman–Crippen MR) is 114 cm³/mol. The Morgan fingerprint density at radius 3 is 2.70 bits per heavy atom. The molecule has 2 aromatic heterocycles. The van der Waals surface area contributed by atoms with Crippen molar-refractivity contribution >= 4 is 34.4 Å². The number of urea groups is 1. The van der Waals surface area contributed by atoms with Crippen LogP contribution in [0.2, 0.25) is 5.02 Å². The summed E-state index contributed by atoms with van der Waals surface area (Å²) in [5, 5.41) is 8.12. The van der Waals surface area contributed by atoms with E-state index in [0.717, 1.165) is 5.69 Å². The van der Waals surface area contributed by atoms with Crippen molar-refractivity contribution in [1.82, 2.24) is 24.6 Å². The number of carbonyl (C=O) groups excluding carboxylic acids is 1. The topological polar surface area (TPSA) is 95.9 Å². The van der Waals surface area contributed by atoms with Crippen molar-refractivity contribution in [1.29, 1.82) is 0 Å². The van der Waals surface area contributed by atoms with Crippen LogP contribution in [-0.2, 0) is 0 Å². The lowest BCUT2D eigenvalue weighted by Crippen LogP contribution is -2.51. The molecule has 0 aliphatic carbocycles. The maximum absolute atomic E-state index is 12.5. The van der Waals surface area contributed by atoms with Crippen LogP contribution in [-0.4, -0.2) is 43.8 Å². The van der Waals surface area contributed by atoms with E-state index < -0.39 is 0 Å². The first-order valence-corrected chi connectivity index (χ1v) is 9.81. The molecule has 3 heterocycles. The van der Waals surface area contributed by atoms with Crippen LogP contribution in [0.4, 0.5) is 10.5 Å². The fourth-order valence-electron chi connectivity index (χ4n) is 3.47. The number of fused-ring (bicyclic) bond motifs is 1. The standard InChI is InChI=1S/C21H17ClN6O2/c22-14-5-4-6-15(9-14)24-21(30)27-11-13(12-27)18-25-19-17(20(29)26-18)10-23-28(19)16-7-2-1-3-8-16/h1-10,13H,11-12H2,(H,24,30)(H,25,26,29). The van der Waals surface area contributed by atoms with Gasteiger partial charge in [0.1, 0.15) is 11.2 Å². The Balaban J connectivity index is 1.35. The molecule has 150 valence electrons. The third-order valence-corrected chi connectivity index (χ3v) is 5.32. The van der Waals surface area contributed by atoms with E-state index in [0.29, 0.717) is 40.7 Å². The molecule has 2 aromatic carbocycles. The van der Waals surface area contributed by atoms with Gasteiger partial charge in [0.05, 0.1) is 17.8 Å². The van der Waals surface area contributed by atoms with E-state index in [1.165, 1.54) is 6.20 Å². The van der Waals surface area contributed by atoms with Crippen LogP contribution in [0.3, 0.4) is 0 Å². The van der Waals surface area contributed by atoms with Gasteiger partial charge in [-0.05, 0) is 30.3 Å². The Hall–Kier alpha value is -3.65. The second-order valence-corrected chi connectivity index (χ2v) is 7.56. The molecule has 2 amide bonds. The highest BCUT2D eigenvalue weighted by molar-refractivity contribution is 6.30. The van der Waals surface area contributed by atoms with Crippen LogP contribution in [0, 0.1) is 0 Å². The quantitative estimate of drug-likeness (QED) is 0.531. The summed E-state index contributed by atoms with van der Waals surface area (Å²) in [5.41, 5.74) is 1.73. The van der Waals surface area contributed by atoms with Crippen molar-refractivity contribution in [3.05, 3.63) is 82.0 Å². The minimum absolute atomic E-state index is 0.0497. The number of aromatic nitrogens is 4. The number of likely N-dealkylation sites (tertiary alicyclic amines) is 1. The molecule has 4 aromatic rings. The van der Waals surface area contributed by atoms with Crippen LogP contribution in [0.15, 0.2) is 65.6 Å². The molecule has 0 radical (unpaired) electrons. The number of para-hydroxylation sites is 1. The molecular weight excluding hydrogens is 404 g/mol. The number of carbonyl (C=O) groups is 1. The van der Waals surface area contributed by atoms with Gasteiger partial charge in [-0.3, -0.25) is 4.79 Å². The zero-order valence-corrected chi connectivity index (χ0v) is 16.5. The molecule has 1 aliphatic rings. The molecule has 0 bridgehead atoms. The molecule has 2 N–H and O–H groups in total. The molecule has 1 aliphatic heterocycles. The van der Waals surface area contributed by atoms with Crippen LogP contribution < -0.4 is 10.9 Å². The number of amides is 2. The molecule has 0 spiro atoms. The minimum Gasteiger partial charge on any atom is -0.323 e. The fraction of sp³-hybridized carbons (Fsp3) is 0.143. The lowest BCUT2D eigenvalue weighted by atomic mass is 10.00. The van der Waals surface area contributed by atoms with Gasteiger partial charge in [-0.15, -0.1) is 0 Å². The first kappa shape index (κ1) is 18.4. The second kappa shape index (κ2) is 7.31. The van der Waals surface area contributed by atoms with Crippen LogP contribution in [0.1, 0.15) is 11.7 Å². The van der Waals surface area contributed by atoms with E-state index in [1.54, 1.807) is 33.8 Å². The number of halogens is 1. The number of rotatable bonds is 3. The smallest absolute Gasteiger partial charge is 0.321 e. The Bertz CT molecular complexity index is 1290. The monoisotopic (exact) mass is 420 g/mol. The molecule has 8 nitrogen and oxygen atoms in total. The Labute approximate surface area is 176 Å². The summed E-state index contributed by atoms with van der Waals surface area (Å²) in [6.45, 7) is 0.917. The van der Waals surface area contributed by atoms with Crippen LogP contribution in [0.25, 0.3) is 16.7 Å². The third-order valence-electron chi connectivity index (χ3n) is 5.09. The summed E-state index contributed by atoms with van der Waals surface area (Å²) in [5.74, 6) is 0.503. The first-order chi connectivity index (χ1) is 14.6. The summed E-state index contributed by atoms with van der Waals surface area (Å²) in [4.78, 5) is 34.1. The number of H-pyrrole nitrogens is 1. The molecule has 0 atom stereocenters. The maximum Gasteiger partial charge on any atom is 0.321 e. The summed E-state index contributed by atoms with van der Waals surface area (Å²) < 4.78 is 1.65. The third kappa shape index (κ3) is 3.31. The van der Waals surface area contributed by atoms with Gasteiger partial charge in [0.15, 0.2) is 5.65 Å². The Morgan fingerprint density at radius 2 is 1.93 bits per heavy atom. The van der Waals surface area contributed by atoms with Gasteiger partial charge in [-0.1, -0.05) is 35.9 Å². The van der Waals surface area contributed by atoms with Crippen molar-refractivity contribution in [3.8, 4) is 5.69 Å². The fourth-order valence-corrected chi connectivity index (χ4v) is 3.66. The van der Waals surface area contributed by atoms with Crippen molar-refractivity contribution < 1.29 is 4.79 Å². The molecule has 1 saturated heterocycles. The molecular formula is C21H17ClN6O2. The highest BCUT2D eigenvalue weighted by Crippen LogP contribution is 2.26. The van der Waals surface area contributed by atoms with E-state index >= 15 is 0 Å². The number of anilines is 1. The molecule has 0 unspecified atom stereocenters. The van der Waals surface area contributed by atoms with Crippen molar-refractivity contribution in [2.75, 3.05) is 18.4 Å². The number of aromatic amines is 1. The summed E-state index contributed by atoms with van der Waals surface area (Å²) in [6, 6.07) is 16.3. The van der Waals surface area contributed by atoms with Crippen molar-refractivity contribution in [2.24, 2.45) is 0 Å². The molecule has 5 rings (SSSR count). The number of nitrogens with one attached hydrogen (secondary N) is 2.